The molecule has 2 N–H and O–H groups in total. The molecule has 1 aromatic carbocycles. The molecule has 0 unspecified atom stereocenters. The van der Waals surface area contributed by atoms with Gasteiger partial charge in [0.05, 0.1) is 6.61 Å². The number of amides is 1. The Balaban J connectivity index is 2.01. The summed E-state index contributed by atoms with van der Waals surface area (Å²) in [5.41, 5.74) is 5.21. The molecular weight excluding hydrogens is 320 g/mol. The summed E-state index contributed by atoms with van der Waals surface area (Å²) < 4.78 is 11.6. The molecule has 0 saturated heterocycles. The topological polar surface area (TPSA) is 109 Å². The van der Waals surface area contributed by atoms with E-state index in [1.54, 1.807) is 0 Å². The first-order chi connectivity index (χ1) is 11.1. The van der Waals surface area contributed by atoms with Gasteiger partial charge in [0.15, 0.2) is 5.16 Å². The molecule has 2 rings (SSSR count). The second-order valence-electron chi connectivity index (χ2n) is 4.37. The van der Waals surface area contributed by atoms with Crippen LogP contribution in [0.15, 0.2) is 40.4 Å². The number of nitrogens with two attached hydrogens (primary N) is 1. The van der Waals surface area contributed by atoms with Gasteiger partial charge in [-0.1, -0.05) is 30.0 Å². The predicted octanol–water partition coefficient (Wildman–Crippen LogP) is 1.07. The highest BCUT2D eigenvalue weighted by atomic mass is 32.2. The first-order valence-electron chi connectivity index (χ1n) is 6.75. The second kappa shape index (κ2) is 8.30. The summed E-state index contributed by atoms with van der Waals surface area (Å²) in [6.45, 7) is 1.75. The van der Waals surface area contributed by atoms with Crippen LogP contribution in [0.25, 0.3) is 0 Å². The predicted molar refractivity (Wildman–Crippen MR) is 81.7 cm³/mol. The SMILES string of the molecule is CC(=O)OCCOCn1nc(C(N)=O)nc1Sc1ccccc1. The van der Waals surface area contributed by atoms with Crippen LogP contribution in [0.3, 0.4) is 0 Å². The van der Waals surface area contributed by atoms with E-state index in [2.05, 4.69) is 10.1 Å². The molecule has 0 aliphatic heterocycles. The number of carbonyl (C=O) groups is 2. The molecule has 23 heavy (non-hydrogen) atoms. The maximum absolute atomic E-state index is 11.2. The van der Waals surface area contributed by atoms with Gasteiger partial charge in [0.2, 0.25) is 5.82 Å². The lowest BCUT2D eigenvalue weighted by atomic mass is 10.4. The Bertz CT molecular complexity index is 675. The summed E-state index contributed by atoms with van der Waals surface area (Å²) >= 11 is 1.34. The summed E-state index contributed by atoms with van der Waals surface area (Å²) in [6, 6.07) is 9.52. The normalized spacial score (nSPS) is 10.5. The summed E-state index contributed by atoms with van der Waals surface area (Å²) in [4.78, 5) is 26.9. The van der Waals surface area contributed by atoms with Gasteiger partial charge in [-0.05, 0) is 12.1 Å². The lowest BCUT2D eigenvalue weighted by molar-refractivity contribution is -0.143. The van der Waals surface area contributed by atoms with Crippen molar-refractivity contribution in [3.8, 4) is 0 Å². The average molecular weight is 336 g/mol. The molecule has 8 nitrogen and oxygen atoms in total. The van der Waals surface area contributed by atoms with Crippen molar-refractivity contribution >= 4 is 23.6 Å². The average Bonchev–Trinajstić information content (AvgIpc) is 2.91. The number of nitrogens with zero attached hydrogens (tertiary/aromatic N) is 3. The Morgan fingerprint density at radius 3 is 2.65 bits per heavy atom. The van der Waals surface area contributed by atoms with Gasteiger partial charge in [-0.3, -0.25) is 9.59 Å². The molecule has 0 atom stereocenters. The minimum atomic E-state index is -0.710. The summed E-state index contributed by atoms with van der Waals surface area (Å²) in [5.74, 6) is -1.16. The molecule has 0 spiro atoms. The van der Waals surface area contributed by atoms with Gasteiger partial charge >= 0.3 is 5.97 Å². The number of hydrogen-bond acceptors (Lipinski definition) is 7. The van der Waals surface area contributed by atoms with Gasteiger partial charge in [0, 0.05) is 11.8 Å². The third-order valence-corrected chi connectivity index (χ3v) is 3.55. The summed E-state index contributed by atoms with van der Waals surface area (Å²) in [7, 11) is 0. The van der Waals surface area contributed by atoms with E-state index in [1.165, 1.54) is 23.4 Å². The molecular formula is C14H16N4O4S. The van der Waals surface area contributed by atoms with E-state index in [4.69, 9.17) is 15.2 Å². The van der Waals surface area contributed by atoms with Crippen LogP contribution in [0.4, 0.5) is 0 Å². The van der Waals surface area contributed by atoms with Crippen LogP contribution in [0.2, 0.25) is 0 Å². The quantitative estimate of drug-likeness (QED) is 0.567. The van der Waals surface area contributed by atoms with Crippen molar-refractivity contribution < 1.29 is 19.1 Å². The smallest absolute Gasteiger partial charge is 0.302 e. The van der Waals surface area contributed by atoms with E-state index < -0.39 is 5.91 Å². The van der Waals surface area contributed by atoms with Crippen LogP contribution in [-0.4, -0.2) is 39.9 Å². The number of hydrogen-bond donors (Lipinski definition) is 1. The Hall–Kier alpha value is -2.39. The molecule has 9 heteroatoms. The van der Waals surface area contributed by atoms with Gasteiger partial charge in [0.25, 0.3) is 5.91 Å². The van der Waals surface area contributed by atoms with Crippen LogP contribution in [-0.2, 0) is 21.0 Å². The number of aromatic nitrogens is 3. The number of benzene rings is 1. The monoisotopic (exact) mass is 336 g/mol. The molecule has 0 saturated carbocycles. The van der Waals surface area contributed by atoms with Crippen molar-refractivity contribution in [1.82, 2.24) is 14.8 Å². The fourth-order valence-corrected chi connectivity index (χ4v) is 2.42. The van der Waals surface area contributed by atoms with Crippen molar-refractivity contribution in [2.75, 3.05) is 13.2 Å². The van der Waals surface area contributed by atoms with Crippen molar-refractivity contribution in [2.45, 2.75) is 23.7 Å². The first kappa shape index (κ1) is 17.0. The Morgan fingerprint density at radius 2 is 2.00 bits per heavy atom. The van der Waals surface area contributed by atoms with Crippen LogP contribution in [0.1, 0.15) is 17.5 Å². The molecule has 0 bridgehead atoms. The minimum Gasteiger partial charge on any atom is -0.463 e. The van der Waals surface area contributed by atoms with Gasteiger partial charge < -0.3 is 15.2 Å². The highest BCUT2D eigenvalue weighted by Crippen LogP contribution is 2.25. The van der Waals surface area contributed by atoms with Gasteiger partial charge in [-0.25, -0.2) is 4.68 Å². The van der Waals surface area contributed by atoms with Crippen molar-refractivity contribution in [2.24, 2.45) is 5.73 Å². The minimum absolute atomic E-state index is 0.0662. The Labute approximate surface area is 137 Å². The molecule has 1 amide bonds. The maximum atomic E-state index is 11.2. The van der Waals surface area contributed by atoms with E-state index >= 15 is 0 Å². The standard InChI is InChI=1S/C14H16N4O4S/c1-10(19)22-8-7-21-9-18-14(16-13(17-18)12(15)20)23-11-5-3-2-4-6-11/h2-6H,7-9H2,1H3,(H2,15,20). The summed E-state index contributed by atoms with van der Waals surface area (Å²) in [6.07, 6.45) is 0. The largest absolute Gasteiger partial charge is 0.463 e. The zero-order chi connectivity index (χ0) is 16.7. The summed E-state index contributed by atoms with van der Waals surface area (Å²) in [5, 5.41) is 4.50. The fraction of sp³-hybridized carbons (Fsp3) is 0.286. The maximum Gasteiger partial charge on any atom is 0.302 e. The Morgan fingerprint density at radius 1 is 1.26 bits per heavy atom. The number of primary amides is 1. The molecule has 0 radical (unpaired) electrons. The number of carbonyl (C=O) groups excluding carboxylic acids is 2. The van der Waals surface area contributed by atoms with Crippen molar-refractivity contribution in [3.63, 3.8) is 0 Å². The number of esters is 1. The lowest BCUT2D eigenvalue weighted by Crippen LogP contribution is -2.15. The lowest BCUT2D eigenvalue weighted by Gasteiger charge is -2.07. The van der Waals surface area contributed by atoms with Crippen LogP contribution in [0, 0.1) is 0 Å². The van der Waals surface area contributed by atoms with Crippen LogP contribution >= 0.6 is 11.8 Å². The van der Waals surface area contributed by atoms with E-state index in [0.29, 0.717) is 5.16 Å². The van der Waals surface area contributed by atoms with Crippen molar-refractivity contribution in [1.29, 1.82) is 0 Å². The zero-order valence-electron chi connectivity index (χ0n) is 12.5. The highest BCUT2D eigenvalue weighted by molar-refractivity contribution is 7.99. The molecule has 122 valence electrons. The van der Waals surface area contributed by atoms with E-state index in [0.717, 1.165) is 4.90 Å². The van der Waals surface area contributed by atoms with Gasteiger partial charge in [-0.15, -0.1) is 5.10 Å². The van der Waals surface area contributed by atoms with Gasteiger partial charge in [-0.2, -0.15) is 4.98 Å². The van der Waals surface area contributed by atoms with Crippen molar-refractivity contribution in [3.05, 3.63) is 36.2 Å². The molecule has 0 aliphatic rings. The highest BCUT2D eigenvalue weighted by Gasteiger charge is 2.15. The number of ether oxygens (including phenoxy) is 2. The molecule has 1 aromatic heterocycles. The second-order valence-corrected chi connectivity index (χ2v) is 5.41. The molecule has 0 fully saturated rings. The molecule has 0 aliphatic carbocycles. The first-order valence-corrected chi connectivity index (χ1v) is 7.56. The van der Waals surface area contributed by atoms with E-state index in [9.17, 15) is 9.59 Å². The van der Waals surface area contributed by atoms with E-state index in [1.807, 2.05) is 30.3 Å². The zero-order valence-corrected chi connectivity index (χ0v) is 13.3. The Kier molecular flexibility index (Phi) is 6.12. The fourth-order valence-electron chi connectivity index (χ4n) is 1.58. The third-order valence-electron chi connectivity index (χ3n) is 2.56. The van der Waals surface area contributed by atoms with E-state index in [-0.39, 0.29) is 31.7 Å². The van der Waals surface area contributed by atoms with Crippen LogP contribution in [0.5, 0.6) is 0 Å². The number of rotatable bonds is 8. The third kappa shape index (κ3) is 5.38. The molecule has 1 heterocycles. The molecule has 2 aromatic rings. The van der Waals surface area contributed by atoms with Crippen LogP contribution < -0.4 is 5.73 Å². The van der Waals surface area contributed by atoms with Gasteiger partial charge in [0.1, 0.15) is 13.3 Å².